The SMILES string of the molecule is N#Cc1ccc(/C=C/C(=O)c2ccc(O)c(CN3CCCCC3)c2)cc1. The van der Waals surface area contributed by atoms with Crippen molar-refractivity contribution in [3.05, 3.63) is 70.8 Å². The lowest BCUT2D eigenvalue weighted by molar-refractivity contribution is 0.104. The first-order valence-corrected chi connectivity index (χ1v) is 8.92. The Balaban J connectivity index is 1.71. The minimum atomic E-state index is -0.103. The average Bonchev–Trinajstić information content (AvgIpc) is 2.69. The highest BCUT2D eigenvalue weighted by Crippen LogP contribution is 2.23. The standard InChI is InChI=1S/C22H22N2O2/c23-15-18-6-4-17(5-7-18)8-10-21(25)19-9-11-22(26)20(14-19)16-24-12-2-1-3-13-24/h4-11,14,26H,1-3,12-13,16H2/b10-8+. The van der Waals surface area contributed by atoms with Crippen molar-refractivity contribution in [3.63, 3.8) is 0 Å². The van der Waals surface area contributed by atoms with Crippen molar-refractivity contribution in [3.8, 4) is 11.8 Å². The molecule has 0 aromatic heterocycles. The van der Waals surface area contributed by atoms with Gasteiger partial charge in [0, 0.05) is 17.7 Å². The molecule has 0 atom stereocenters. The van der Waals surface area contributed by atoms with E-state index in [1.54, 1.807) is 48.5 Å². The summed E-state index contributed by atoms with van der Waals surface area (Å²) in [6, 6.07) is 14.2. The van der Waals surface area contributed by atoms with Crippen molar-refractivity contribution in [1.29, 1.82) is 5.26 Å². The van der Waals surface area contributed by atoms with Gasteiger partial charge in [0.05, 0.1) is 11.6 Å². The number of phenols is 1. The smallest absolute Gasteiger partial charge is 0.185 e. The van der Waals surface area contributed by atoms with E-state index in [2.05, 4.69) is 11.0 Å². The quantitative estimate of drug-likeness (QED) is 0.652. The molecule has 0 unspecified atom stereocenters. The highest BCUT2D eigenvalue weighted by molar-refractivity contribution is 6.07. The Morgan fingerprint density at radius 2 is 1.85 bits per heavy atom. The molecular weight excluding hydrogens is 324 g/mol. The molecule has 26 heavy (non-hydrogen) atoms. The predicted octanol–water partition coefficient (Wildman–Crippen LogP) is 4.15. The van der Waals surface area contributed by atoms with Crippen molar-refractivity contribution in [2.24, 2.45) is 0 Å². The fourth-order valence-electron chi connectivity index (χ4n) is 3.16. The molecule has 132 valence electrons. The average molecular weight is 346 g/mol. The molecule has 3 rings (SSSR count). The van der Waals surface area contributed by atoms with E-state index in [0.717, 1.165) is 24.2 Å². The van der Waals surface area contributed by atoms with Crippen LogP contribution in [0.25, 0.3) is 6.08 Å². The molecule has 0 bridgehead atoms. The maximum atomic E-state index is 12.5. The molecule has 1 aliphatic rings. The van der Waals surface area contributed by atoms with Crippen LogP contribution in [0.1, 0.15) is 46.3 Å². The molecule has 2 aromatic carbocycles. The summed E-state index contributed by atoms with van der Waals surface area (Å²) < 4.78 is 0. The Kier molecular flexibility index (Phi) is 5.83. The zero-order valence-electron chi connectivity index (χ0n) is 14.7. The van der Waals surface area contributed by atoms with Gasteiger partial charge in [-0.25, -0.2) is 0 Å². The largest absolute Gasteiger partial charge is 0.508 e. The molecule has 4 nitrogen and oxygen atoms in total. The maximum Gasteiger partial charge on any atom is 0.185 e. The molecule has 0 saturated carbocycles. The number of hydrogen-bond donors (Lipinski definition) is 1. The number of phenolic OH excluding ortho intramolecular Hbond substituents is 1. The second-order valence-electron chi connectivity index (χ2n) is 6.61. The van der Waals surface area contributed by atoms with E-state index in [9.17, 15) is 9.90 Å². The number of rotatable bonds is 5. The lowest BCUT2D eigenvalue weighted by Gasteiger charge is -2.26. The van der Waals surface area contributed by atoms with Crippen LogP contribution in [-0.2, 0) is 6.54 Å². The molecule has 1 aliphatic heterocycles. The van der Waals surface area contributed by atoms with Gasteiger partial charge in [0.1, 0.15) is 5.75 Å². The van der Waals surface area contributed by atoms with Crippen LogP contribution in [0.2, 0.25) is 0 Å². The van der Waals surface area contributed by atoms with Crippen LogP contribution in [0.3, 0.4) is 0 Å². The third kappa shape index (κ3) is 4.59. The Bertz CT molecular complexity index is 841. The van der Waals surface area contributed by atoms with Gasteiger partial charge in [-0.2, -0.15) is 5.26 Å². The highest BCUT2D eigenvalue weighted by atomic mass is 16.3. The van der Waals surface area contributed by atoms with E-state index in [0.29, 0.717) is 17.7 Å². The van der Waals surface area contributed by atoms with Crippen LogP contribution in [0.15, 0.2) is 48.5 Å². The van der Waals surface area contributed by atoms with E-state index in [4.69, 9.17) is 5.26 Å². The number of carbonyl (C=O) groups excluding carboxylic acids is 1. The fourth-order valence-corrected chi connectivity index (χ4v) is 3.16. The number of aromatic hydroxyl groups is 1. The first kappa shape index (κ1) is 17.9. The summed E-state index contributed by atoms with van der Waals surface area (Å²) >= 11 is 0. The Morgan fingerprint density at radius 1 is 1.12 bits per heavy atom. The van der Waals surface area contributed by atoms with Crippen molar-refractivity contribution < 1.29 is 9.90 Å². The summed E-state index contributed by atoms with van der Waals surface area (Å²) in [6.07, 6.45) is 6.90. The molecule has 1 N–H and O–H groups in total. The van der Waals surface area contributed by atoms with Crippen molar-refractivity contribution in [1.82, 2.24) is 4.90 Å². The number of benzene rings is 2. The zero-order valence-corrected chi connectivity index (χ0v) is 14.7. The summed E-state index contributed by atoms with van der Waals surface area (Å²) in [5, 5.41) is 18.9. The third-order valence-corrected chi connectivity index (χ3v) is 4.67. The second kappa shape index (κ2) is 8.46. The van der Waals surface area contributed by atoms with Crippen molar-refractivity contribution in [2.75, 3.05) is 13.1 Å². The van der Waals surface area contributed by atoms with Gasteiger partial charge in [0.2, 0.25) is 0 Å². The highest BCUT2D eigenvalue weighted by Gasteiger charge is 2.14. The topological polar surface area (TPSA) is 64.3 Å². The van der Waals surface area contributed by atoms with Crippen LogP contribution >= 0.6 is 0 Å². The molecule has 0 amide bonds. The van der Waals surface area contributed by atoms with Gasteiger partial charge < -0.3 is 5.11 Å². The summed E-state index contributed by atoms with van der Waals surface area (Å²) in [4.78, 5) is 14.8. The van der Waals surface area contributed by atoms with E-state index in [1.165, 1.54) is 25.3 Å². The minimum absolute atomic E-state index is 0.103. The number of hydrogen-bond acceptors (Lipinski definition) is 4. The lowest BCUT2D eigenvalue weighted by Crippen LogP contribution is -2.29. The summed E-state index contributed by atoms with van der Waals surface area (Å²) in [5.41, 5.74) is 2.82. The van der Waals surface area contributed by atoms with Gasteiger partial charge in [-0.3, -0.25) is 9.69 Å². The number of likely N-dealkylation sites (tertiary alicyclic amines) is 1. The fraction of sp³-hybridized carbons (Fsp3) is 0.273. The van der Waals surface area contributed by atoms with Crippen LogP contribution < -0.4 is 0 Å². The van der Waals surface area contributed by atoms with E-state index < -0.39 is 0 Å². The summed E-state index contributed by atoms with van der Waals surface area (Å²) in [5.74, 6) is 0.137. The summed E-state index contributed by atoms with van der Waals surface area (Å²) in [7, 11) is 0. The Labute approximate surface area is 154 Å². The number of allylic oxidation sites excluding steroid dienone is 1. The molecule has 1 heterocycles. The second-order valence-corrected chi connectivity index (χ2v) is 6.61. The molecule has 1 fully saturated rings. The molecule has 2 aromatic rings. The van der Waals surface area contributed by atoms with Gasteiger partial charge >= 0.3 is 0 Å². The third-order valence-electron chi connectivity index (χ3n) is 4.67. The molecule has 4 heteroatoms. The predicted molar refractivity (Wildman–Crippen MR) is 102 cm³/mol. The van der Waals surface area contributed by atoms with Crippen LogP contribution in [0, 0.1) is 11.3 Å². The lowest BCUT2D eigenvalue weighted by atomic mass is 10.0. The Morgan fingerprint density at radius 3 is 2.54 bits per heavy atom. The van der Waals surface area contributed by atoms with Gasteiger partial charge in [0.15, 0.2) is 5.78 Å². The first-order valence-electron chi connectivity index (χ1n) is 8.92. The number of nitrogens with zero attached hydrogens (tertiary/aromatic N) is 2. The monoisotopic (exact) mass is 346 g/mol. The van der Waals surface area contributed by atoms with Crippen LogP contribution in [-0.4, -0.2) is 28.9 Å². The molecular formula is C22H22N2O2. The Hall–Kier alpha value is -2.90. The molecule has 0 spiro atoms. The van der Waals surface area contributed by atoms with Crippen molar-refractivity contribution in [2.45, 2.75) is 25.8 Å². The van der Waals surface area contributed by atoms with E-state index in [-0.39, 0.29) is 11.5 Å². The van der Waals surface area contributed by atoms with E-state index >= 15 is 0 Å². The first-order chi connectivity index (χ1) is 12.7. The molecule has 0 aliphatic carbocycles. The van der Waals surface area contributed by atoms with Gasteiger partial charge in [-0.15, -0.1) is 0 Å². The number of nitriles is 1. The van der Waals surface area contributed by atoms with Gasteiger partial charge in [-0.1, -0.05) is 24.6 Å². The maximum absolute atomic E-state index is 12.5. The molecule has 0 radical (unpaired) electrons. The number of piperidine rings is 1. The number of ketones is 1. The summed E-state index contributed by atoms with van der Waals surface area (Å²) in [6.45, 7) is 2.75. The zero-order chi connectivity index (χ0) is 18.4. The van der Waals surface area contributed by atoms with Gasteiger partial charge in [0.25, 0.3) is 0 Å². The van der Waals surface area contributed by atoms with Crippen LogP contribution in [0.4, 0.5) is 0 Å². The van der Waals surface area contributed by atoms with Gasteiger partial charge in [-0.05, 0) is 67.9 Å². The van der Waals surface area contributed by atoms with Crippen molar-refractivity contribution >= 4 is 11.9 Å². The normalized spacial score (nSPS) is 15.0. The molecule has 1 saturated heterocycles. The number of carbonyl (C=O) groups is 1. The van der Waals surface area contributed by atoms with Crippen LogP contribution in [0.5, 0.6) is 5.75 Å². The van der Waals surface area contributed by atoms with E-state index in [1.807, 2.05) is 0 Å². The minimum Gasteiger partial charge on any atom is -0.508 e.